The molecule has 0 fully saturated rings. The summed E-state index contributed by atoms with van der Waals surface area (Å²) >= 11 is 0. The van der Waals surface area contributed by atoms with E-state index in [1.807, 2.05) is 0 Å². The summed E-state index contributed by atoms with van der Waals surface area (Å²) in [5.41, 5.74) is 0.0707. The monoisotopic (exact) mass is 342 g/mol. The predicted octanol–water partition coefficient (Wildman–Crippen LogP) is 2.06. The Balaban J connectivity index is 2.58. The predicted molar refractivity (Wildman–Crippen MR) is 77.5 cm³/mol. The van der Waals surface area contributed by atoms with Crippen molar-refractivity contribution >= 4 is 26.3 Å². The lowest BCUT2D eigenvalue weighted by atomic mass is 10.3. The lowest BCUT2D eigenvalue weighted by molar-refractivity contribution is -0.377. The molecule has 116 valence electrons. The molecule has 0 saturated heterocycles. The second-order valence-electron chi connectivity index (χ2n) is 4.24. The van der Waals surface area contributed by atoms with Crippen LogP contribution in [-0.4, -0.2) is 32.4 Å². The summed E-state index contributed by atoms with van der Waals surface area (Å²) in [5, 5.41) is 0. The molecule has 0 atom stereocenters. The topological polar surface area (TPSA) is 101 Å². The minimum Gasteiger partial charge on any atom is -0.456 e. The molecule has 7 nitrogen and oxygen atoms in total. The van der Waals surface area contributed by atoms with Gasteiger partial charge in [0.1, 0.15) is 16.4 Å². The molecule has 0 bridgehead atoms. The van der Waals surface area contributed by atoms with E-state index < -0.39 is 25.5 Å². The molecule has 0 saturated carbocycles. The number of rotatable bonds is 4. The van der Waals surface area contributed by atoms with Crippen molar-refractivity contribution in [1.29, 1.82) is 0 Å². The maximum absolute atomic E-state index is 11.5. The maximum atomic E-state index is 11.5. The van der Waals surface area contributed by atoms with E-state index in [0.29, 0.717) is 5.75 Å². The largest absolute Gasteiger partial charge is 0.464 e. The number of hydrogen-bond donors (Lipinski definition) is 1. The first kappa shape index (κ1) is 16.1. The summed E-state index contributed by atoms with van der Waals surface area (Å²) in [6.45, 7) is 0. The van der Waals surface area contributed by atoms with Crippen LogP contribution in [-0.2, 0) is 20.6 Å². The normalized spacial score (nSPS) is 11.0. The minimum atomic E-state index is -4.59. The molecular formula is C13H12NO6S2+. The van der Waals surface area contributed by atoms with Gasteiger partial charge >= 0.3 is 10.5 Å². The fourth-order valence-corrected chi connectivity index (χ4v) is 2.60. The Morgan fingerprint density at radius 2 is 1.73 bits per heavy atom. The molecule has 0 aliphatic rings. The summed E-state index contributed by atoms with van der Waals surface area (Å²) in [7, 11) is -5.92. The molecule has 0 spiro atoms. The molecule has 22 heavy (non-hydrogen) atoms. The van der Waals surface area contributed by atoms with Crippen molar-refractivity contribution < 1.29 is 30.1 Å². The minimum absolute atomic E-state index is 0.0707. The molecule has 0 radical (unpaired) electrons. The lowest BCUT2D eigenvalue weighted by Gasteiger charge is -2.09. The first-order valence-electron chi connectivity index (χ1n) is 5.96. The average Bonchev–Trinajstić information content (AvgIpc) is 2.46. The van der Waals surface area contributed by atoms with E-state index in [4.69, 9.17) is 4.74 Å². The third-order valence-electron chi connectivity index (χ3n) is 2.76. The molecule has 0 aliphatic heterocycles. The van der Waals surface area contributed by atoms with Crippen LogP contribution in [0.4, 0.5) is 5.69 Å². The SMILES string of the molecule is C[N+](c1ccc(Oc2ccccc2)c(S(=O)(=O)O)c1)=S(=O)=O. The van der Waals surface area contributed by atoms with E-state index in [2.05, 4.69) is 0 Å². The van der Waals surface area contributed by atoms with Gasteiger partial charge < -0.3 is 4.74 Å². The number of hydrogen-bond acceptors (Lipinski definition) is 5. The molecule has 1 N–H and O–H groups in total. The zero-order valence-corrected chi connectivity index (χ0v) is 13.0. The van der Waals surface area contributed by atoms with E-state index in [1.54, 1.807) is 30.3 Å². The fourth-order valence-electron chi connectivity index (χ4n) is 1.68. The van der Waals surface area contributed by atoms with Crippen LogP contribution in [0.2, 0.25) is 0 Å². The standard InChI is InChI=1S/C13H11NO6S2/c1-14(21(15)16)10-7-8-12(13(9-10)22(17,18)19)20-11-5-3-2-4-6-11/h2-9H,1H3/p+1. The Morgan fingerprint density at radius 3 is 2.27 bits per heavy atom. The van der Waals surface area contributed by atoms with E-state index in [-0.39, 0.29) is 11.4 Å². The van der Waals surface area contributed by atoms with E-state index >= 15 is 0 Å². The molecule has 0 aliphatic carbocycles. The second-order valence-corrected chi connectivity index (χ2v) is 6.61. The van der Waals surface area contributed by atoms with Crippen molar-refractivity contribution in [2.45, 2.75) is 4.90 Å². The summed E-state index contributed by atoms with van der Waals surface area (Å²) in [6, 6.07) is 12.0. The number of ether oxygens (including phenoxy) is 1. The van der Waals surface area contributed by atoms with Gasteiger partial charge in [-0.2, -0.15) is 8.42 Å². The fraction of sp³-hybridized carbons (Fsp3) is 0.0769. The number of benzene rings is 2. The Morgan fingerprint density at radius 1 is 1.09 bits per heavy atom. The van der Waals surface area contributed by atoms with Gasteiger partial charge in [-0.1, -0.05) is 22.1 Å². The van der Waals surface area contributed by atoms with Gasteiger partial charge in [-0.05, 0) is 18.2 Å². The lowest BCUT2D eigenvalue weighted by Crippen LogP contribution is -2.03. The van der Waals surface area contributed by atoms with Crippen LogP contribution in [0.3, 0.4) is 0 Å². The molecule has 0 unspecified atom stereocenters. The zero-order chi connectivity index (χ0) is 16.3. The van der Waals surface area contributed by atoms with Crippen LogP contribution in [0.15, 0.2) is 53.4 Å². The molecule has 9 heteroatoms. The van der Waals surface area contributed by atoms with Crippen molar-refractivity contribution in [2.75, 3.05) is 7.05 Å². The van der Waals surface area contributed by atoms with Gasteiger partial charge in [0.25, 0.3) is 10.1 Å². The summed E-state index contributed by atoms with van der Waals surface area (Å²) in [6.07, 6.45) is 0. The van der Waals surface area contributed by atoms with E-state index in [1.165, 1.54) is 19.2 Å². The van der Waals surface area contributed by atoms with Gasteiger partial charge in [0, 0.05) is 12.1 Å². The average molecular weight is 342 g/mol. The third kappa shape index (κ3) is 3.70. The summed E-state index contributed by atoms with van der Waals surface area (Å²) < 4.78 is 60.4. The molecule has 2 aromatic carbocycles. The van der Waals surface area contributed by atoms with Crippen molar-refractivity contribution in [3.8, 4) is 11.5 Å². The van der Waals surface area contributed by atoms with Crippen molar-refractivity contribution in [3.05, 3.63) is 48.5 Å². The molecule has 0 amide bonds. The van der Waals surface area contributed by atoms with Gasteiger partial charge in [-0.25, -0.2) is 0 Å². The van der Waals surface area contributed by atoms with E-state index in [0.717, 1.165) is 10.0 Å². The van der Waals surface area contributed by atoms with Gasteiger partial charge in [0.05, 0.1) is 0 Å². The van der Waals surface area contributed by atoms with E-state index in [9.17, 15) is 21.4 Å². The zero-order valence-electron chi connectivity index (χ0n) is 11.4. The summed E-state index contributed by atoms with van der Waals surface area (Å²) in [5.74, 6) is 0.267. The Hall–Kier alpha value is -2.23. The second kappa shape index (κ2) is 6.26. The Bertz CT molecular complexity index is 926. The van der Waals surface area contributed by atoms with Crippen LogP contribution in [0, 0.1) is 0 Å². The first-order valence-corrected chi connectivity index (χ1v) is 8.44. The van der Waals surface area contributed by atoms with Crippen molar-refractivity contribution in [3.63, 3.8) is 0 Å². The quantitative estimate of drug-likeness (QED) is 0.674. The molecule has 2 rings (SSSR count). The van der Waals surface area contributed by atoms with Crippen LogP contribution in [0.5, 0.6) is 11.5 Å². The number of nitrogens with zero attached hydrogens (tertiary/aromatic N) is 1. The highest BCUT2D eigenvalue weighted by Gasteiger charge is 2.21. The maximum Gasteiger partial charge on any atom is 0.464 e. The first-order chi connectivity index (χ1) is 10.3. The Labute approximate surface area is 128 Å². The van der Waals surface area contributed by atoms with Crippen molar-refractivity contribution in [1.82, 2.24) is 0 Å². The van der Waals surface area contributed by atoms with Crippen LogP contribution in [0.1, 0.15) is 0 Å². The van der Waals surface area contributed by atoms with Crippen LogP contribution >= 0.6 is 0 Å². The van der Waals surface area contributed by atoms with Gasteiger partial charge in [0.2, 0.25) is 5.69 Å². The smallest absolute Gasteiger partial charge is 0.456 e. The highest BCUT2D eigenvalue weighted by Crippen LogP contribution is 2.31. The van der Waals surface area contributed by atoms with Crippen LogP contribution < -0.4 is 4.74 Å². The van der Waals surface area contributed by atoms with Gasteiger partial charge in [-0.3, -0.25) is 4.55 Å². The Kier molecular flexibility index (Phi) is 4.59. The molecular weight excluding hydrogens is 330 g/mol. The molecule has 0 heterocycles. The highest BCUT2D eigenvalue weighted by atomic mass is 32.2. The molecule has 2 aromatic rings. The van der Waals surface area contributed by atoms with Gasteiger partial charge in [-0.15, -0.1) is 8.42 Å². The summed E-state index contributed by atoms with van der Waals surface area (Å²) in [4.78, 5) is -0.522. The number of para-hydroxylation sites is 1. The molecule has 0 aromatic heterocycles. The third-order valence-corrected chi connectivity index (χ3v) is 4.30. The van der Waals surface area contributed by atoms with Crippen molar-refractivity contribution in [2.24, 2.45) is 0 Å². The van der Waals surface area contributed by atoms with Gasteiger partial charge in [0.15, 0.2) is 7.05 Å². The highest BCUT2D eigenvalue weighted by molar-refractivity contribution is 7.86. The van der Waals surface area contributed by atoms with Crippen LogP contribution in [0.25, 0.3) is 0 Å².